The third-order valence-electron chi connectivity index (χ3n) is 4.10. The SMILES string of the molecule is O=C(NC1CCCCCC1)c1ccc(-n2cnnc2)cc1Cl. The lowest BCUT2D eigenvalue weighted by Crippen LogP contribution is -2.34. The first-order valence-electron chi connectivity index (χ1n) is 7.69. The van der Waals surface area contributed by atoms with Crippen molar-refractivity contribution in [3.8, 4) is 5.69 Å². The van der Waals surface area contributed by atoms with Crippen LogP contribution in [-0.4, -0.2) is 26.7 Å². The standard InChI is InChI=1S/C16H19ClN4O/c17-15-9-13(21-10-18-19-11-21)7-8-14(15)16(22)20-12-5-3-1-2-4-6-12/h7-12H,1-6H2,(H,20,22). The number of hydrogen-bond acceptors (Lipinski definition) is 3. The van der Waals surface area contributed by atoms with Gasteiger partial charge < -0.3 is 5.32 Å². The summed E-state index contributed by atoms with van der Waals surface area (Å²) in [5.74, 6) is -0.0905. The Morgan fingerprint density at radius 3 is 2.45 bits per heavy atom. The highest BCUT2D eigenvalue weighted by atomic mass is 35.5. The average Bonchev–Trinajstić information content (AvgIpc) is 2.93. The molecule has 1 N–H and O–H groups in total. The van der Waals surface area contributed by atoms with Gasteiger partial charge in [0.05, 0.1) is 10.6 Å². The molecule has 1 aromatic heterocycles. The molecular weight excluding hydrogens is 300 g/mol. The molecule has 0 spiro atoms. The summed E-state index contributed by atoms with van der Waals surface area (Å²) in [5.41, 5.74) is 1.35. The van der Waals surface area contributed by atoms with Crippen LogP contribution in [0.5, 0.6) is 0 Å². The van der Waals surface area contributed by atoms with Crippen molar-refractivity contribution < 1.29 is 4.79 Å². The molecule has 1 heterocycles. The number of nitrogens with zero attached hydrogens (tertiary/aromatic N) is 3. The van der Waals surface area contributed by atoms with Gasteiger partial charge >= 0.3 is 0 Å². The van der Waals surface area contributed by atoms with E-state index in [2.05, 4.69) is 15.5 Å². The first-order chi connectivity index (χ1) is 10.7. The summed E-state index contributed by atoms with van der Waals surface area (Å²) in [6.07, 6.45) is 10.2. The highest BCUT2D eigenvalue weighted by molar-refractivity contribution is 6.34. The van der Waals surface area contributed by atoms with Crippen LogP contribution in [-0.2, 0) is 0 Å². The van der Waals surface area contributed by atoms with Crippen LogP contribution in [0.25, 0.3) is 5.69 Å². The van der Waals surface area contributed by atoms with E-state index in [-0.39, 0.29) is 11.9 Å². The van der Waals surface area contributed by atoms with Crippen molar-refractivity contribution >= 4 is 17.5 Å². The van der Waals surface area contributed by atoms with Gasteiger partial charge in [0.1, 0.15) is 12.7 Å². The van der Waals surface area contributed by atoms with Crippen LogP contribution < -0.4 is 5.32 Å². The van der Waals surface area contributed by atoms with Gasteiger partial charge in [-0.05, 0) is 31.0 Å². The molecule has 1 fully saturated rings. The molecule has 2 aromatic rings. The first kappa shape index (κ1) is 15.0. The van der Waals surface area contributed by atoms with Crippen molar-refractivity contribution in [3.05, 3.63) is 41.4 Å². The maximum Gasteiger partial charge on any atom is 0.253 e. The van der Waals surface area contributed by atoms with Gasteiger partial charge in [-0.2, -0.15) is 0 Å². The predicted molar refractivity (Wildman–Crippen MR) is 85.3 cm³/mol. The summed E-state index contributed by atoms with van der Waals surface area (Å²) in [5, 5.41) is 11.1. The fourth-order valence-electron chi connectivity index (χ4n) is 2.87. The Labute approximate surface area is 134 Å². The Hall–Kier alpha value is -1.88. The highest BCUT2D eigenvalue weighted by Crippen LogP contribution is 2.22. The van der Waals surface area contributed by atoms with E-state index >= 15 is 0 Å². The van der Waals surface area contributed by atoms with E-state index in [1.54, 1.807) is 29.4 Å². The number of hydrogen-bond donors (Lipinski definition) is 1. The molecule has 3 rings (SSSR count). The summed E-state index contributed by atoms with van der Waals surface area (Å²) >= 11 is 6.28. The van der Waals surface area contributed by atoms with Crippen molar-refractivity contribution in [2.24, 2.45) is 0 Å². The minimum Gasteiger partial charge on any atom is -0.349 e. The minimum absolute atomic E-state index is 0.0905. The van der Waals surface area contributed by atoms with Gasteiger partial charge in [0.15, 0.2) is 0 Å². The van der Waals surface area contributed by atoms with Crippen LogP contribution in [0.4, 0.5) is 0 Å². The normalized spacial score (nSPS) is 16.2. The molecule has 0 radical (unpaired) electrons. The second-order valence-corrected chi connectivity index (χ2v) is 6.10. The second kappa shape index (κ2) is 6.92. The molecular formula is C16H19ClN4O. The van der Waals surface area contributed by atoms with Crippen LogP contribution in [0, 0.1) is 0 Å². The third kappa shape index (κ3) is 3.47. The van der Waals surface area contributed by atoms with Gasteiger partial charge in [0.2, 0.25) is 0 Å². The largest absolute Gasteiger partial charge is 0.349 e. The predicted octanol–water partition coefficient (Wildman–Crippen LogP) is 3.37. The highest BCUT2D eigenvalue weighted by Gasteiger charge is 2.17. The topological polar surface area (TPSA) is 59.8 Å². The van der Waals surface area contributed by atoms with Gasteiger partial charge in [-0.1, -0.05) is 37.3 Å². The number of halogens is 1. The number of rotatable bonds is 3. The zero-order valence-corrected chi connectivity index (χ0v) is 13.1. The summed E-state index contributed by atoms with van der Waals surface area (Å²) in [7, 11) is 0. The third-order valence-corrected chi connectivity index (χ3v) is 4.42. The molecule has 1 amide bonds. The quantitative estimate of drug-likeness (QED) is 0.883. The van der Waals surface area contributed by atoms with Crippen LogP contribution in [0.3, 0.4) is 0 Å². The molecule has 6 heteroatoms. The Morgan fingerprint density at radius 1 is 1.14 bits per heavy atom. The molecule has 0 unspecified atom stereocenters. The van der Waals surface area contributed by atoms with E-state index < -0.39 is 0 Å². The van der Waals surface area contributed by atoms with Crippen molar-refractivity contribution in [1.82, 2.24) is 20.1 Å². The van der Waals surface area contributed by atoms with E-state index in [1.165, 1.54) is 25.7 Å². The van der Waals surface area contributed by atoms with Crippen LogP contribution in [0.15, 0.2) is 30.9 Å². The van der Waals surface area contributed by atoms with Crippen molar-refractivity contribution in [3.63, 3.8) is 0 Å². The maximum atomic E-state index is 12.4. The summed E-state index contributed by atoms with van der Waals surface area (Å²) in [6.45, 7) is 0. The molecule has 1 aliphatic rings. The average molecular weight is 319 g/mol. The lowest BCUT2D eigenvalue weighted by atomic mass is 10.1. The minimum atomic E-state index is -0.0905. The Morgan fingerprint density at radius 2 is 1.82 bits per heavy atom. The van der Waals surface area contributed by atoms with E-state index in [4.69, 9.17) is 11.6 Å². The molecule has 5 nitrogen and oxygen atoms in total. The Balaban J connectivity index is 1.72. The van der Waals surface area contributed by atoms with E-state index in [0.717, 1.165) is 18.5 Å². The van der Waals surface area contributed by atoms with Crippen molar-refractivity contribution in [2.75, 3.05) is 0 Å². The van der Waals surface area contributed by atoms with Gasteiger partial charge in [-0.25, -0.2) is 0 Å². The number of nitrogens with one attached hydrogen (secondary N) is 1. The van der Waals surface area contributed by atoms with Gasteiger partial charge in [0.25, 0.3) is 5.91 Å². The number of amides is 1. The summed E-state index contributed by atoms with van der Waals surface area (Å²) < 4.78 is 1.75. The molecule has 1 saturated carbocycles. The molecule has 1 aliphatic carbocycles. The number of benzene rings is 1. The summed E-state index contributed by atoms with van der Waals surface area (Å²) in [6, 6.07) is 5.62. The Bertz CT molecular complexity index is 634. The fourth-order valence-corrected chi connectivity index (χ4v) is 3.13. The zero-order valence-electron chi connectivity index (χ0n) is 12.3. The van der Waals surface area contributed by atoms with E-state index in [9.17, 15) is 4.79 Å². The summed E-state index contributed by atoms with van der Waals surface area (Å²) in [4.78, 5) is 12.4. The molecule has 22 heavy (non-hydrogen) atoms. The molecule has 116 valence electrons. The smallest absolute Gasteiger partial charge is 0.253 e. The molecule has 0 aliphatic heterocycles. The lowest BCUT2D eigenvalue weighted by Gasteiger charge is -2.17. The van der Waals surface area contributed by atoms with Gasteiger partial charge in [-0.3, -0.25) is 9.36 Å². The Kier molecular flexibility index (Phi) is 4.73. The molecule has 1 aromatic carbocycles. The first-order valence-corrected chi connectivity index (χ1v) is 8.07. The molecule has 0 atom stereocenters. The van der Waals surface area contributed by atoms with Crippen molar-refractivity contribution in [1.29, 1.82) is 0 Å². The molecule has 0 bridgehead atoms. The molecule has 0 saturated heterocycles. The van der Waals surface area contributed by atoms with Crippen molar-refractivity contribution in [2.45, 2.75) is 44.6 Å². The van der Waals surface area contributed by atoms with Gasteiger partial charge in [0, 0.05) is 11.7 Å². The number of carbonyl (C=O) groups excluding carboxylic acids is 1. The maximum absolute atomic E-state index is 12.4. The fraction of sp³-hybridized carbons (Fsp3) is 0.438. The number of carbonyl (C=O) groups is 1. The number of aromatic nitrogens is 3. The monoisotopic (exact) mass is 318 g/mol. The van der Waals surface area contributed by atoms with E-state index in [1.807, 2.05) is 6.07 Å². The van der Waals surface area contributed by atoms with E-state index in [0.29, 0.717) is 10.6 Å². The zero-order chi connectivity index (χ0) is 15.4. The lowest BCUT2D eigenvalue weighted by molar-refractivity contribution is 0.0933. The second-order valence-electron chi connectivity index (χ2n) is 5.70. The van der Waals surface area contributed by atoms with Crippen LogP contribution in [0.1, 0.15) is 48.9 Å². The van der Waals surface area contributed by atoms with Gasteiger partial charge in [-0.15, -0.1) is 10.2 Å². The van der Waals surface area contributed by atoms with Crippen LogP contribution >= 0.6 is 11.6 Å². The van der Waals surface area contributed by atoms with Crippen LogP contribution in [0.2, 0.25) is 5.02 Å².